The number of hydrogen-bond acceptors (Lipinski definition) is 6. The van der Waals surface area contributed by atoms with Crippen molar-refractivity contribution >= 4 is 17.9 Å². The third-order valence-electron chi connectivity index (χ3n) is 5.66. The van der Waals surface area contributed by atoms with E-state index in [-0.39, 0.29) is 29.9 Å². The number of carbonyl (C=O) groups is 3. The summed E-state index contributed by atoms with van der Waals surface area (Å²) in [5, 5.41) is 0. The summed E-state index contributed by atoms with van der Waals surface area (Å²) in [6, 6.07) is 0. The van der Waals surface area contributed by atoms with Gasteiger partial charge in [-0.15, -0.1) is 0 Å². The lowest BCUT2D eigenvalue weighted by Crippen LogP contribution is -2.63. The van der Waals surface area contributed by atoms with Crippen molar-refractivity contribution in [3.05, 3.63) is 12.7 Å². The van der Waals surface area contributed by atoms with Crippen LogP contribution in [-0.2, 0) is 28.6 Å². The predicted octanol–water partition coefficient (Wildman–Crippen LogP) is 2.30. The fourth-order valence-electron chi connectivity index (χ4n) is 5.27. The zero-order valence-electron chi connectivity index (χ0n) is 14.2. The van der Waals surface area contributed by atoms with Gasteiger partial charge in [0.1, 0.15) is 17.3 Å². The van der Waals surface area contributed by atoms with E-state index >= 15 is 0 Å². The van der Waals surface area contributed by atoms with E-state index in [0.29, 0.717) is 19.3 Å². The van der Waals surface area contributed by atoms with Crippen LogP contribution in [0.2, 0.25) is 0 Å². The maximum atomic E-state index is 11.7. The molecule has 0 aliphatic heterocycles. The Morgan fingerprint density at radius 2 is 1.67 bits per heavy atom. The molecule has 6 nitrogen and oxygen atoms in total. The Hall–Kier alpha value is -1.85. The molecule has 5 unspecified atom stereocenters. The zero-order chi connectivity index (χ0) is 17.5. The summed E-state index contributed by atoms with van der Waals surface area (Å²) in [6.45, 7) is 6.25. The Bertz CT molecular complexity index is 582. The molecule has 0 amide bonds. The van der Waals surface area contributed by atoms with E-state index in [1.165, 1.54) is 13.8 Å². The molecule has 0 radical (unpaired) electrons. The van der Waals surface area contributed by atoms with E-state index in [4.69, 9.17) is 14.2 Å². The Morgan fingerprint density at radius 1 is 1.04 bits per heavy atom. The smallest absolute Gasteiger partial charge is 0.330 e. The van der Waals surface area contributed by atoms with Gasteiger partial charge in [0.05, 0.1) is 0 Å². The van der Waals surface area contributed by atoms with E-state index in [2.05, 4.69) is 6.58 Å². The predicted molar refractivity (Wildman–Crippen MR) is 83.8 cm³/mol. The maximum Gasteiger partial charge on any atom is 0.330 e. The maximum absolute atomic E-state index is 11.7. The lowest BCUT2D eigenvalue weighted by molar-refractivity contribution is -0.235. The molecule has 0 spiro atoms. The summed E-state index contributed by atoms with van der Waals surface area (Å²) >= 11 is 0. The molecule has 3 aliphatic rings. The highest BCUT2D eigenvalue weighted by atomic mass is 16.6. The van der Waals surface area contributed by atoms with Crippen molar-refractivity contribution in [3.8, 4) is 0 Å². The Morgan fingerprint density at radius 3 is 2.29 bits per heavy atom. The molecular weight excluding hydrogens is 312 g/mol. The quantitative estimate of drug-likeness (QED) is 0.445. The first kappa shape index (κ1) is 17.0. The van der Waals surface area contributed by atoms with Crippen molar-refractivity contribution in [2.45, 2.75) is 69.7 Å². The molecule has 24 heavy (non-hydrogen) atoms. The van der Waals surface area contributed by atoms with Gasteiger partial charge in [0.25, 0.3) is 0 Å². The van der Waals surface area contributed by atoms with Crippen LogP contribution in [0.3, 0.4) is 0 Å². The van der Waals surface area contributed by atoms with Crippen LogP contribution in [0.1, 0.15) is 52.4 Å². The first-order valence-corrected chi connectivity index (χ1v) is 8.49. The molecule has 0 N–H and O–H groups in total. The molecule has 132 valence electrons. The topological polar surface area (TPSA) is 78.9 Å². The van der Waals surface area contributed by atoms with Crippen molar-refractivity contribution in [1.82, 2.24) is 0 Å². The van der Waals surface area contributed by atoms with Gasteiger partial charge in [0.2, 0.25) is 0 Å². The Kier molecular flexibility index (Phi) is 4.18. The molecule has 6 heteroatoms. The van der Waals surface area contributed by atoms with Crippen LogP contribution in [0.5, 0.6) is 0 Å². The largest absolute Gasteiger partial charge is 0.459 e. The van der Waals surface area contributed by atoms with E-state index in [9.17, 15) is 14.4 Å². The van der Waals surface area contributed by atoms with Gasteiger partial charge < -0.3 is 14.2 Å². The molecule has 0 heterocycles. The molecule has 3 bridgehead atoms. The van der Waals surface area contributed by atoms with Crippen LogP contribution in [-0.4, -0.2) is 35.2 Å². The lowest BCUT2D eigenvalue weighted by Gasteiger charge is -2.59. The van der Waals surface area contributed by atoms with Gasteiger partial charge in [-0.1, -0.05) is 6.58 Å². The van der Waals surface area contributed by atoms with Crippen LogP contribution in [0.25, 0.3) is 0 Å². The molecular formula is C18H24O6. The highest BCUT2D eigenvalue weighted by molar-refractivity contribution is 5.81. The summed E-state index contributed by atoms with van der Waals surface area (Å²) in [5.74, 6) is -0.694. The molecule has 0 saturated heterocycles. The van der Waals surface area contributed by atoms with Gasteiger partial charge in [-0.05, 0) is 37.5 Å². The summed E-state index contributed by atoms with van der Waals surface area (Å²) in [7, 11) is 0. The second kappa shape index (κ2) is 5.90. The summed E-state index contributed by atoms with van der Waals surface area (Å²) < 4.78 is 17.0. The minimum Gasteiger partial charge on any atom is -0.459 e. The first-order valence-electron chi connectivity index (χ1n) is 8.49. The molecule has 0 aromatic carbocycles. The first-order chi connectivity index (χ1) is 11.3. The molecule has 3 fully saturated rings. The van der Waals surface area contributed by atoms with Crippen molar-refractivity contribution in [2.24, 2.45) is 11.8 Å². The number of esters is 3. The lowest BCUT2D eigenvalue weighted by atomic mass is 9.53. The Balaban J connectivity index is 1.91. The van der Waals surface area contributed by atoms with Gasteiger partial charge in [0.15, 0.2) is 0 Å². The highest BCUT2D eigenvalue weighted by Crippen LogP contribution is 2.59. The van der Waals surface area contributed by atoms with E-state index in [1.54, 1.807) is 0 Å². The van der Waals surface area contributed by atoms with Crippen molar-refractivity contribution < 1.29 is 28.6 Å². The average molecular weight is 336 g/mol. The van der Waals surface area contributed by atoms with E-state index < -0.39 is 17.2 Å². The van der Waals surface area contributed by atoms with Gasteiger partial charge in [-0.3, -0.25) is 9.59 Å². The average Bonchev–Trinajstić information content (AvgIpc) is 2.43. The van der Waals surface area contributed by atoms with Crippen LogP contribution < -0.4 is 0 Å². The number of fused-ring (bicyclic) bond motifs is 2. The third-order valence-corrected chi connectivity index (χ3v) is 5.66. The number of hydrogen-bond donors (Lipinski definition) is 0. The van der Waals surface area contributed by atoms with Crippen LogP contribution in [0.15, 0.2) is 12.7 Å². The summed E-state index contributed by atoms with van der Waals surface area (Å²) in [4.78, 5) is 34.9. The van der Waals surface area contributed by atoms with Crippen molar-refractivity contribution in [3.63, 3.8) is 0 Å². The fourth-order valence-corrected chi connectivity index (χ4v) is 5.27. The number of carbonyl (C=O) groups excluding carboxylic acids is 3. The van der Waals surface area contributed by atoms with Gasteiger partial charge in [0, 0.05) is 32.8 Å². The monoisotopic (exact) mass is 336 g/mol. The fraction of sp³-hybridized carbons (Fsp3) is 0.722. The van der Waals surface area contributed by atoms with Crippen molar-refractivity contribution in [2.75, 3.05) is 0 Å². The van der Waals surface area contributed by atoms with Crippen molar-refractivity contribution in [1.29, 1.82) is 0 Å². The van der Waals surface area contributed by atoms with Crippen LogP contribution in [0.4, 0.5) is 0 Å². The second-order valence-corrected chi connectivity index (χ2v) is 7.48. The van der Waals surface area contributed by atoms with Gasteiger partial charge >= 0.3 is 17.9 Å². The van der Waals surface area contributed by atoms with Crippen LogP contribution >= 0.6 is 0 Å². The van der Waals surface area contributed by atoms with Gasteiger partial charge in [-0.2, -0.15) is 0 Å². The van der Waals surface area contributed by atoms with E-state index in [0.717, 1.165) is 25.3 Å². The van der Waals surface area contributed by atoms with Crippen LogP contribution in [0, 0.1) is 11.8 Å². The summed E-state index contributed by atoms with van der Waals surface area (Å²) in [5.41, 5.74) is -1.29. The normalized spacial score (nSPS) is 39.7. The molecule has 5 atom stereocenters. The van der Waals surface area contributed by atoms with Gasteiger partial charge in [-0.25, -0.2) is 4.79 Å². The molecule has 3 rings (SSSR count). The number of rotatable bonds is 4. The summed E-state index contributed by atoms with van der Waals surface area (Å²) in [6.07, 6.45) is 4.83. The standard InChI is InChI=1S/C18H24O6/c1-4-16(21)22-15-9-18(24-12(3)20)8-13-7-17(10-18,23-11(2)19)6-5-14(13)15/h4,13-15H,1,5-10H2,2-3H3. The van der Waals surface area contributed by atoms with E-state index in [1.807, 2.05) is 0 Å². The minimum atomic E-state index is -0.729. The molecule has 3 saturated carbocycles. The number of ether oxygens (including phenoxy) is 3. The SMILES string of the molecule is C=CC(=O)OC1CC2(OC(C)=O)CC3CC(OC(C)=O)(CCC31)C2. The Labute approximate surface area is 141 Å². The highest BCUT2D eigenvalue weighted by Gasteiger charge is 2.62. The molecule has 0 aromatic heterocycles. The third kappa shape index (κ3) is 3.06. The second-order valence-electron chi connectivity index (χ2n) is 7.48. The molecule has 0 aromatic rings. The zero-order valence-corrected chi connectivity index (χ0v) is 14.2. The minimum absolute atomic E-state index is 0.210. The molecule has 3 aliphatic carbocycles.